The van der Waals surface area contributed by atoms with Gasteiger partial charge in [-0.05, 0) is 26.6 Å². The first kappa shape index (κ1) is 8.08. The lowest BCUT2D eigenvalue weighted by Gasteiger charge is -1.88. The van der Waals surface area contributed by atoms with Gasteiger partial charge < -0.3 is 0 Å². The van der Waals surface area contributed by atoms with Crippen molar-refractivity contribution in [1.82, 2.24) is 0 Å². The van der Waals surface area contributed by atoms with Gasteiger partial charge in [0.25, 0.3) is 0 Å². The minimum Gasteiger partial charge on any atom is -0.293 e. The maximum atomic E-state index is 3.93. The molecule has 2 heteroatoms. The van der Waals surface area contributed by atoms with Crippen LogP contribution in [0.15, 0.2) is 21.8 Å². The number of nitrogens with zero attached hydrogens (tertiary/aromatic N) is 2. The van der Waals surface area contributed by atoms with Crippen molar-refractivity contribution >= 4 is 12.4 Å². The van der Waals surface area contributed by atoms with Gasteiger partial charge in [-0.3, -0.25) is 9.98 Å². The molecule has 0 saturated heterocycles. The molecule has 0 unspecified atom stereocenters. The zero-order chi connectivity index (χ0) is 7.28. The monoisotopic (exact) mass is 124 g/mol. The molecule has 0 aromatic heterocycles. The van der Waals surface area contributed by atoms with Crippen LogP contribution in [0.1, 0.15) is 13.8 Å². The van der Waals surface area contributed by atoms with Crippen molar-refractivity contribution in [3.8, 4) is 0 Å². The first-order valence-electron chi connectivity index (χ1n) is 2.79. The SMILES string of the molecule is C=N/C(C)=C\C(C)=NC. The quantitative estimate of drug-likeness (QED) is 0.500. The average Bonchev–Trinajstić information content (AvgIpc) is 1.87. The van der Waals surface area contributed by atoms with Crippen LogP contribution >= 0.6 is 0 Å². The highest BCUT2D eigenvalue weighted by Gasteiger charge is 1.82. The van der Waals surface area contributed by atoms with Crippen LogP contribution in [-0.2, 0) is 0 Å². The van der Waals surface area contributed by atoms with E-state index >= 15 is 0 Å². The van der Waals surface area contributed by atoms with Crippen molar-refractivity contribution in [3.63, 3.8) is 0 Å². The molecule has 0 bridgehead atoms. The van der Waals surface area contributed by atoms with Crippen molar-refractivity contribution < 1.29 is 0 Å². The molecule has 0 aliphatic heterocycles. The van der Waals surface area contributed by atoms with Crippen LogP contribution in [0.2, 0.25) is 0 Å². The summed E-state index contributed by atoms with van der Waals surface area (Å²) >= 11 is 0. The van der Waals surface area contributed by atoms with E-state index in [1.165, 1.54) is 0 Å². The Labute approximate surface area is 56.0 Å². The Balaban J connectivity index is 4.11. The predicted octanol–water partition coefficient (Wildman–Crippen LogP) is 1.68. The highest BCUT2D eigenvalue weighted by atomic mass is 14.7. The van der Waals surface area contributed by atoms with Crippen LogP contribution in [0, 0.1) is 0 Å². The van der Waals surface area contributed by atoms with Gasteiger partial charge in [-0.2, -0.15) is 0 Å². The van der Waals surface area contributed by atoms with Gasteiger partial charge in [-0.25, -0.2) is 0 Å². The van der Waals surface area contributed by atoms with E-state index in [0.29, 0.717) is 0 Å². The molecule has 0 aromatic rings. The predicted molar refractivity (Wildman–Crippen MR) is 42.3 cm³/mol. The van der Waals surface area contributed by atoms with Crippen LogP contribution < -0.4 is 0 Å². The van der Waals surface area contributed by atoms with Crippen molar-refractivity contribution in [2.24, 2.45) is 9.98 Å². The maximum absolute atomic E-state index is 3.93. The summed E-state index contributed by atoms with van der Waals surface area (Å²) in [5, 5.41) is 0. The Hall–Kier alpha value is -0.920. The van der Waals surface area contributed by atoms with E-state index in [0.717, 1.165) is 11.4 Å². The summed E-state index contributed by atoms with van der Waals surface area (Å²) < 4.78 is 0. The largest absolute Gasteiger partial charge is 0.293 e. The van der Waals surface area contributed by atoms with Crippen LogP contribution in [0.25, 0.3) is 0 Å². The fourth-order valence-electron chi connectivity index (χ4n) is 0.412. The van der Waals surface area contributed by atoms with Crippen molar-refractivity contribution in [1.29, 1.82) is 0 Å². The Morgan fingerprint density at radius 3 is 2.33 bits per heavy atom. The first-order valence-corrected chi connectivity index (χ1v) is 2.79. The molecule has 0 aromatic carbocycles. The van der Waals surface area contributed by atoms with E-state index in [2.05, 4.69) is 16.7 Å². The Kier molecular flexibility index (Phi) is 3.60. The van der Waals surface area contributed by atoms with Gasteiger partial charge >= 0.3 is 0 Å². The zero-order valence-corrected chi connectivity index (χ0v) is 6.18. The van der Waals surface area contributed by atoms with Crippen LogP contribution in [0.3, 0.4) is 0 Å². The van der Waals surface area contributed by atoms with E-state index in [9.17, 15) is 0 Å². The van der Waals surface area contributed by atoms with E-state index in [1.807, 2.05) is 19.9 Å². The second kappa shape index (κ2) is 4.01. The molecule has 0 N–H and O–H groups in total. The Morgan fingerprint density at radius 1 is 1.44 bits per heavy atom. The van der Waals surface area contributed by atoms with Gasteiger partial charge in [0.15, 0.2) is 0 Å². The summed E-state index contributed by atoms with van der Waals surface area (Å²) in [6, 6.07) is 0. The number of aliphatic imine (C=N–C) groups is 2. The minimum absolute atomic E-state index is 0.901. The normalized spacial score (nSPS) is 13.7. The lowest BCUT2D eigenvalue weighted by molar-refractivity contribution is 1.32. The molecular weight excluding hydrogens is 112 g/mol. The molecule has 9 heavy (non-hydrogen) atoms. The van der Waals surface area contributed by atoms with E-state index < -0.39 is 0 Å². The standard InChI is InChI=1S/C7H12N2/c1-6(8-3)5-7(2)9-4/h5H,3H2,1-2,4H3/b6-5-,9-7?. The summed E-state index contributed by atoms with van der Waals surface area (Å²) in [6.07, 6.45) is 1.88. The average molecular weight is 124 g/mol. The zero-order valence-electron chi connectivity index (χ0n) is 6.18. The number of rotatable bonds is 2. The molecular formula is C7H12N2. The molecule has 2 nitrogen and oxygen atoms in total. The summed E-state index contributed by atoms with van der Waals surface area (Å²) in [6.45, 7) is 7.19. The third-order valence-corrected chi connectivity index (χ3v) is 1.02. The van der Waals surface area contributed by atoms with Gasteiger partial charge in [-0.15, -0.1) is 0 Å². The van der Waals surface area contributed by atoms with Crippen molar-refractivity contribution in [2.45, 2.75) is 13.8 Å². The summed E-state index contributed by atoms with van der Waals surface area (Å²) in [7, 11) is 1.75. The molecule has 0 rings (SSSR count). The molecule has 0 aliphatic carbocycles. The third kappa shape index (κ3) is 3.64. The molecule has 50 valence electrons. The fraction of sp³-hybridized carbons (Fsp3) is 0.429. The van der Waals surface area contributed by atoms with Gasteiger partial charge in [0.05, 0.1) is 0 Å². The molecule has 0 heterocycles. The van der Waals surface area contributed by atoms with Crippen molar-refractivity contribution in [3.05, 3.63) is 11.8 Å². The van der Waals surface area contributed by atoms with E-state index in [1.54, 1.807) is 7.05 Å². The summed E-state index contributed by atoms with van der Waals surface area (Å²) in [5.74, 6) is 0. The lowest BCUT2D eigenvalue weighted by atomic mass is 10.3. The molecule has 0 atom stereocenters. The first-order chi connectivity index (χ1) is 4.20. The number of hydrogen-bond donors (Lipinski definition) is 0. The number of allylic oxidation sites excluding steroid dienone is 2. The van der Waals surface area contributed by atoms with E-state index in [-0.39, 0.29) is 0 Å². The highest BCUT2D eigenvalue weighted by Crippen LogP contribution is 1.92. The third-order valence-electron chi connectivity index (χ3n) is 1.02. The van der Waals surface area contributed by atoms with Gasteiger partial charge in [0.2, 0.25) is 0 Å². The summed E-state index contributed by atoms with van der Waals surface area (Å²) in [4.78, 5) is 7.64. The van der Waals surface area contributed by atoms with Gasteiger partial charge in [0, 0.05) is 18.5 Å². The Morgan fingerprint density at radius 2 is 2.00 bits per heavy atom. The number of hydrogen-bond acceptors (Lipinski definition) is 2. The van der Waals surface area contributed by atoms with Crippen LogP contribution in [-0.4, -0.2) is 19.5 Å². The molecule has 0 fully saturated rings. The van der Waals surface area contributed by atoms with Gasteiger partial charge in [-0.1, -0.05) is 0 Å². The maximum Gasteiger partial charge on any atom is 0.0383 e. The molecule has 0 aliphatic rings. The topological polar surface area (TPSA) is 24.7 Å². The highest BCUT2D eigenvalue weighted by molar-refractivity contribution is 5.93. The van der Waals surface area contributed by atoms with E-state index in [4.69, 9.17) is 0 Å². The minimum atomic E-state index is 0.901. The van der Waals surface area contributed by atoms with Gasteiger partial charge in [0.1, 0.15) is 0 Å². The molecule has 0 spiro atoms. The van der Waals surface area contributed by atoms with Crippen LogP contribution in [0.4, 0.5) is 0 Å². The molecule has 0 saturated carbocycles. The van der Waals surface area contributed by atoms with Crippen LogP contribution in [0.5, 0.6) is 0 Å². The summed E-state index contributed by atoms with van der Waals surface area (Å²) in [5.41, 5.74) is 1.87. The fourth-order valence-corrected chi connectivity index (χ4v) is 0.412. The lowest BCUT2D eigenvalue weighted by Crippen LogP contribution is -1.83. The second-order valence-corrected chi connectivity index (χ2v) is 1.81. The smallest absolute Gasteiger partial charge is 0.0383 e. The second-order valence-electron chi connectivity index (χ2n) is 1.81. The molecule has 0 radical (unpaired) electrons. The van der Waals surface area contributed by atoms with Crippen molar-refractivity contribution in [2.75, 3.05) is 7.05 Å². The molecule has 0 amide bonds. The Bertz CT molecular complexity index is 154.